The van der Waals surface area contributed by atoms with Crippen LogP contribution in [0.1, 0.15) is 135 Å². The molecule has 5 heterocycles. The number of fused-ring (bicyclic) bond motifs is 3. The minimum Gasteiger partial charge on any atom is -0.508 e. The summed E-state index contributed by atoms with van der Waals surface area (Å²) in [5, 5.41) is 46.8. The number of aliphatic hydroxyl groups excluding tert-OH is 1. The molecule has 3 saturated heterocycles. The van der Waals surface area contributed by atoms with Crippen molar-refractivity contribution in [1.82, 2.24) is 72.6 Å². The molecule has 30 nitrogen and oxygen atoms in total. The Morgan fingerprint density at radius 3 is 1.77 bits per heavy atom. The SMILES string of the molecule is CC(C)C[C@@H]1NC(=O)[C@@H](CC(C)C)NC(=O)[C@H](Cc2ccc(O)cc2)NC(=O)[C@H](CO)NC(=O)[C@H](Cc2c[nH]c3ccccc23)NC(=O)[C@H](Cc2cnc[nH]2)NC(=O)[C@@H]2CCCN2C(=O)CCCCCNC(=O)C[C@H](C)NC(=O)[C@@H]2CCCN2C(=O)[C@H](CCCN=C(N)N)NC1=O. The number of aromatic nitrogens is 3. The smallest absolute Gasteiger partial charge is 0.245 e. The first-order valence-corrected chi connectivity index (χ1v) is 33.6. The lowest BCUT2D eigenvalue weighted by atomic mass is 9.98. The molecule has 0 radical (unpaired) electrons. The first-order valence-electron chi connectivity index (χ1n) is 33.6. The summed E-state index contributed by atoms with van der Waals surface area (Å²) in [5.41, 5.74) is 13.4. The van der Waals surface area contributed by atoms with E-state index < -0.39 is 120 Å². The van der Waals surface area contributed by atoms with Crippen LogP contribution in [0.4, 0.5) is 0 Å². The number of amides is 11. The number of rotatable bonds is 15. The summed E-state index contributed by atoms with van der Waals surface area (Å²) in [6.07, 6.45) is 7.41. The van der Waals surface area contributed by atoms with Crippen LogP contribution in [0.3, 0.4) is 0 Å². The number of hydrogen-bond acceptors (Lipinski definition) is 15. The van der Waals surface area contributed by atoms with E-state index in [1.54, 1.807) is 33.0 Å². The third-order valence-corrected chi connectivity index (χ3v) is 17.4. The van der Waals surface area contributed by atoms with Gasteiger partial charge in [0.1, 0.15) is 60.1 Å². The van der Waals surface area contributed by atoms with E-state index in [2.05, 4.69) is 67.8 Å². The average molecular weight is 1350 g/mol. The number of H-pyrrole nitrogens is 2. The molecule has 97 heavy (non-hydrogen) atoms. The van der Waals surface area contributed by atoms with E-state index in [0.717, 1.165) is 0 Å². The van der Waals surface area contributed by atoms with Crippen LogP contribution in [0, 0.1) is 11.8 Å². The number of phenols is 1. The van der Waals surface area contributed by atoms with Gasteiger partial charge in [0.15, 0.2) is 5.96 Å². The second kappa shape index (κ2) is 36.5. The number of nitrogens with one attached hydrogen (secondary N) is 11. The van der Waals surface area contributed by atoms with Gasteiger partial charge in [-0.05, 0) is 112 Å². The zero-order valence-electron chi connectivity index (χ0n) is 56.0. The number of guanidine groups is 1. The molecule has 4 aromatic rings. The van der Waals surface area contributed by atoms with Crippen molar-refractivity contribution in [3.63, 3.8) is 0 Å². The van der Waals surface area contributed by atoms with Gasteiger partial charge in [0.05, 0.1) is 12.9 Å². The van der Waals surface area contributed by atoms with Gasteiger partial charge in [0.2, 0.25) is 65.0 Å². The standard InChI is InChI=1S/C67H97N17O13/c1-38(2)28-48-58(89)76-47(16-11-25-72-67(68)69)66(97)84-27-13-18-55(84)64(95)75-40(5)30-56(87)71-24-10-6-7-19-57(88)83-26-12-17-54(83)65(96)81-52(33-43-35-70-37-74-43)62(93)80-51(32-42-34-73-46-15-9-8-14-45(42)46)61(92)82-53(36-85)63(94)79-50(31-41-20-22-44(86)23-21-41)60(91)78-49(29-39(3)4)59(90)77-48/h8-9,14-15,20-23,34-35,37-40,47-55,73,85-86H,6-7,10-13,16-19,24-33,36H2,1-5H3,(H,70,74)(H,71,87)(H,75,95)(H,76,89)(H,77,90)(H,78,91)(H,79,94)(H,80,93)(H,81,96)(H,82,92)(H4,68,69,72)/t40-,47-,48-,49+,50-,51-,52-,53-,54-,55-/m0/s1. The van der Waals surface area contributed by atoms with Crippen LogP contribution in [0.2, 0.25) is 0 Å². The first kappa shape index (κ1) is 74.8. The van der Waals surface area contributed by atoms with Crippen LogP contribution < -0.4 is 59.3 Å². The van der Waals surface area contributed by atoms with Crippen LogP contribution in [-0.4, -0.2) is 199 Å². The molecule has 0 aliphatic carbocycles. The molecule has 10 atom stereocenters. The monoisotopic (exact) mass is 1350 g/mol. The van der Waals surface area contributed by atoms with Gasteiger partial charge >= 0.3 is 0 Å². The summed E-state index contributed by atoms with van der Waals surface area (Å²) in [6, 6.07) is 0.442. The predicted octanol–water partition coefficient (Wildman–Crippen LogP) is -0.277. The molecule has 3 aliphatic rings. The van der Waals surface area contributed by atoms with Crippen molar-refractivity contribution >= 4 is 81.8 Å². The Hall–Kier alpha value is -9.61. The highest BCUT2D eigenvalue weighted by Gasteiger charge is 2.41. The number of aromatic amines is 2. The summed E-state index contributed by atoms with van der Waals surface area (Å²) < 4.78 is 0. The highest BCUT2D eigenvalue weighted by molar-refractivity contribution is 5.99. The van der Waals surface area contributed by atoms with Gasteiger partial charge in [-0.15, -0.1) is 0 Å². The van der Waals surface area contributed by atoms with E-state index in [1.165, 1.54) is 46.6 Å². The molecule has 528 valence electrons. The van der Waals surface area contributed by atoms with Crippen LogP contribution in [0.15, 0.2) is 72.2 Å². The van der Waals surface area contributed by atoms with Crippen LogP contribution in [0.25, 0.3) is 10.9 Å². The molecular weight excluding hydrogens is 1250 g/mol. The lowest BCUT2D eigenvalue weighted by molar-refractivity contribution is -0.142. The molecule has 0 unspecified atom stereocenters. The number of carbonyl (C=O) groups excluding carboxylic acids is 11. The van der Waals surface area contributed by atoms with E-state index in [0.29, 0.717) is 72.7 Å². The van der Waals surface area contributed by atoms with Crippen molar-refractivity contribution in [3.05, 3.63) is 84.1 Å². The molecule has 11 amide bonds. The van der Waals surface area contributed by atoms with E-state index in [9.17, 15) is 63.0 Å². The number of hydrogen-bond donors (Lipinski definition) is 15. The average Bonchev–Trinajstić information content (AvgIpc) is 1.75. The Kier molecular flexibility index (Phi) is 28.1. The van der Waals surface area contributed by atoms with Crippen LogP contribution >= 0.6 is 0 Å². The molecular formula is C67H97N17O13. The number of phenolic OH excluding ortho intramolecular Hbond substituents is 1. The number of para-hydroxylation sites is 1. The number of benzene rings is 2. The fourth-order valence-electron chi connectivity index (χ4n) is 12.4. The number of carbonyl (C=O) groups is 11. The van der Waals surface area contributed by atoms with Crippen molar-refractivity contribution in [2.24, 2.45) is 28.3 Å². The van der Waals surface area contributed by atoms with Crippen molar-refractivity contribution in [3.8, 4) is 5.75 Å². The van der Waals surface area contributed by atoms with E-state index in [-0.39, 0.29) is 119 Å². The Bertz CT molecular complexity index is 3390. The fraction of sp³-hybridized carbons (Fsp3) is 0.567. The van der Waals surface area contributed by atoms with Crippen molar-refractivity contribution in [2.75, 3.05) is 32.8 Å². The number of nitrogens with zero attached hydrogens (tertiary/aromatic N) is 4. The molecule has 30 heteroatoms. The van der Waals surface area contributed by atoms with E-state index in [4.69, 9.17) is 11.5 Å². The number of nitrogens with two attached hydrogens (primary N) is 2. The van der Waals surface area contributed by atoms with Gasteiger partial charge < -0.3 is 89.3 Å². The molecule has 3 fully saturated rings. The normalized spacial score (nSPS) is 25.1. The Morgan fingerprint density at radius 1 is 0.608 bits per heavy atom. The second-order valence-corrected chi connectivity index (χ2v) is 26.2. The van der Waals surface area contributed by atoms with Gasteiger partial charge in [-0.25, -0.2) is 4.98 Å². The highest BCUT2D eigenvalue weighted by Crippen LogP contribution is 2.24. The molecule has 0 bridgehead atoms. The topological polar surface area (TPSA) is 452 Å². The van der Waals surface area contributed by atoms with Crippen molar-refractivity contribution < 1.29 is 63.0 Å². The number of aromatic hydroxyl groups is 1. The summed E-state index contributed by atoms with van der Waals surface area (Å²) >= 11 is 0. The zero-order valence-corrected chi connectivity index (χ0v) is 56.0. The van der Waals surface area contributed by atoms with Gasteiger partial charge in [0, 0.05) is 93.3 Å². The van der Waals surface area contributed by atoms with E-state index in [1.807, 2.05) is 32.0 Å². The molecule has 17 N–H and O–H groups in total. The van der Waals surface area contributed by atoms with Crippen molar-refractivity contribution in [2.45, 2.75) is 198 Å². The molecule has 0 spiro atoms. The molecule has 2 aromatic heterocycles. The van der Waals surface area contributed by atoms with Gasteiger partial charge in [-0.3, -0.25) is 57.7 Å². The Labute approximate surface area is 564 Å². The summed E-state index contributed by atoms with van der Waals surface area (Å²) in [5.74, 6) is -8.25. The minimum absolute atomic E-state index is 0.0189. The number of imidazole rings is 1. The van der Waals surface area contributed by atoms with Crippen LogP contribution in [0.5, 0.6) is 5.75 Å². The molecule has 3 aliphatic heterocycles. The van der Waals surface area contributed by atoms with E-state index >= 15 is 0 Å². The quantitative estimate of drug-likeness (QED) is 0.0414. The lowest BCUT2D eigenvalue weighted by Gasteiger charge is -2.31. The third-order valence-electron chi connectivity index (χ3n) is 17.4. The van der Waals surface area contributed by atoms with Gasteiger partial charge in [-0.1, -0.05) is 64.4 Å². The fourth-order valence-corrected chi connectivity index (χ4v) is 12.4. The van der Waals surface area contributed by atoms with Crippen molar-refractivity contribution in [1.29, 1.82) is 0 Å². The summed E-state index contributed by atoms with van der Waals surface area (Å²) in [4.78, 5) is 175. The maximum atomic E-state index is 14.8. The number of aliphatic imine (C=N–C) groups is 1. The number of aliphatic hydroxyl groups is 1. The van der Waals surface area contributed by atoms with Crippen LogP contribution in [-0.2, 0) is 72.0 Å². The largest absolute Gasteiger partial charge is 0.508 e. The zero-order chi connectivity index (χ0) is 70.3. The summed E-state index contributed by atoms with van der Waals surface area (Å²) in [7, 11) is 0. The highest BCUT2D eigenvalue weighted by atomic mass is 16.3. The maximum Gasteiger partial charge on any atom is 0.245 e. The first-order chi connectivity index (χ1) is 46.4. The Balaban J connectivity index is 1.20. The molecule has 7 rings (SSSR count). The van der Waals surface area contributed by atoms with Gasteiger partial charge in [-0.2, -0.15) is 0 Å². The van der Waals surface area contributed by atoms with Gasteiger partial charge in [0.25, 0.3) is 0 Å². The summed E-state index contributed by atoms with van der Waals surface area (Å²) in [6.45, 7) is 8.76. The maximum absolute atomic E-state index is 14.8. The molecule has 2 aromatic carbocycles. The lowest BCUT2D eigenvalue weighted by Crippen LogP contribution is -2.61. The molecule has 0 saturated carbocycles. The second-order valence-electron chi connectivity index (χ2n) is 26.2. The predicted molar refractivity (Wildman–Crippen MR) is 359 cm³/mol. The minimum atomic E-state index is -1.77. The third kappa shape index (κ3) is 22.5. The Morgan fingerprint density at radius 2 is 1.15 bits per heavy atom.